The summed E-state index contributed by atoms with van der Waals surface area (Å²) >= 11 is 0. The van der Waals surface area contributed by atoms with E-state index in [9.17, 15) is 0 Å². The van der Waals surface area contributed by atoms with E-state index in [1.165, 1.54) is 75.4 Å². The van der Waals surface area contributed by atoms with Gasteiger partial charge in [-0.3, -0.25) is 0 Å². The smallest absolute Gasteiger partial charge is 0.143 e. The topological polar surface area (TPSA) is 16.4 Å². The molecule has 2 nitrogen and oxygen atoms in total. The molecule has 0 saturated heterocycles. The van der Waals surface area contributed by atoms with E-state index in [0.717, 1.165) is 50.1 Å². The molecule has 0 aliphatic heterocycles. The monoisotopic (exact) mass is 735 g/mol. The van der Waals surface area contributed by atoms with Crippen molar-refractivity contribution in [2.45, 2.75) is 0 Å². The molecule has 268 valence electrons. The highest BCUT2D eigenvalue weighted by molar-refractivity contribution is 6.37. The second-order valence-electron chi connectivity index (χ2n) is 15.6. The molecule has 0 spiro atoms. The predicted molar refractivity (Wildman–Crippen MR) is 248 cm³/mol. The van der Waals surface area contributed by atoms with Crippen LogP contribution in [0.3, 0.4) is 0 Å². The molecule has 13 rings (SSSR count). The molecule has 12 aromatic carbocycles. The Morgan fingerprint density at radius 3 is 1.55 bits per heavy atom. The molecular weight excluding hydrogens is 703 g/mol. The zero-order valence-electron chi connectivity index (χ0n) is 31.4. The van der Waals surface area contributed by atoms with Gasteiger partial charge in [-0.05, 0) is 112 Å². The van der Waals surface area contributed by atoms with Gasteiger partial charge in [-0.1, -0.05) is 164 Å². The Morgan fingerprint density at radius 2 is 0.793 bits per heavy atom. The van der Waals surface area contributed by atoms with E-state index in [1.54, 1.807) is 0 Å². The normalized spacial score (nSPS) is 12.1. The number of anilines is 3. The van der Waals surface area contributed by atoms with Crippen molar-refractivity contribution < 1.29 is 4.42 Å². The van der Waals surface area contributed by atoms with E-state index in [2.05, 4.69) is 199 Å². The zero-order valence-corrected chi connectivity index (χ0v) is 31.4. The first-order chi connectivity index (χ1) is 28.8. The molecule has 2 heteroatoms. The van der Waals surface area contributed by atoms with Crippen LogP contribution in [0.15, 0.2) is 205 Å². The van der Waals surface area contributed by atoms with Crippen LogP contribution in [0.4, 0.5) is 17.1 Å². The summed E-state index contributed by atoms with van der Waals surface area (Å²) in [5.74, 6) is 0. The molecule has 0 bridgehead atoms. The average Bonchev–Trinajstić information content (AvgIpc) is 3.67. The number of fused-ring (bicyclic) bond motifs is 6. The first-order valence-corrected chi connectivity index (χ1v) is 20.0. The lowest BCUT2D eigenvalue weighted by atomic mass is 9.87. The first kappa shape index (κ1) is 31.5. The summed E-state index contributed by atoms with van der Waals surface area (Å²) in [5.41, 5.74) is 7.22. The summed E-state index contributed by atoms with van der Waals surface area (Å²) in [4.78, 5) is 2.46. The van der Waals surface area contributed by atoms with E-state index in [1.807, 2.05) is 6.07 Å². The number of hydrogen-bond acceptors (Lipinski definition) is 2. The van der Waals surface area contributed by atoms with Crippen LogP contribution in [0.25, 0.3) is 108 Å². The number of para-hydroxylation sites is 3. The van der Waals surface area contributed by atoms with Crippen molar-refractivity contribution >= 4 is 114 Å². The minimum atomic E-state index is 0.895. The Bertz CT molecular complexity index is 3810. The van der Waals surface area contributed by atoms with Gasteiger partial charge in [0.25, 0.3) is 0 Å². The van der Waals surface area contributed by atoms with E-state index in [0.29, 0.717) is 0 Å². The summed E-state index contributed by atoms with van der Waals surface area (Å²) in [5, 5.41) is 19.9. The number of rotatable bonds is 4. The molecule has 0 saturated carbocycles. The number of nitrogens with zero attached hydrogens (tertiary/aromatic N) is 1. The van der Waals surface area contributed by atoms with E-state index in [-0.39, 0.29) is 0 Å². The summed E-state index contributed by atoms with van der Waals surface area (Å²) in [7, 11) is 0. The zero-order chi connectivity index (χ0) is 37.9. The van der Waals surface area contributed by atoms with E-state index in [4.69, 9.17) is 4.42 Å². The molecule has 0 aliphatic carbocycles. The molecular formula is C56H33NO. The molecule has 0 fully saturated rings. The second-order valence-corrected chi connectivity index (χ2v) is 15.6. The molecule has 0 unspecified atom stereocenters. The highest BCUT2D eigenvalue weighted by Crippen LogP contribution is 2.49. The van der Waals surface area contributed by atoms with E-state index >= 15 is 0 Å². The highest BCUT2D eigenvalue weighted by Gasteiger charge is 2.23. The van der Waals surface area contributed by atoms with Crippen LogP contribution in [-0.4, -0.2) is 0 Å². The van der Waals surface area contributed by atoms with Gasteiger partial charge in [-0.15, -0.1) is 0 Å². The second kappa shape index (κ2) is 11.9. The van der Waals surface area contributed by atoms with Crippen LogP contribution in [-0.2, 0) is 0 Å². The number of furan rings is 1. The molecule has 0 radical (unpaired) electrons. The van der Waals surface area contributed by atoms with Gasteiger partial charge in [0.1, 0.15) is 11.2 Å². The fourth-order valence-electron chi connectivity index (χ4n) is 10.00. The lowest BCUT2D eigenvalue weighted by molar-refractivity contribution is 0.670. The third kappa shape index (κ3) is 4.43. The Balaban J connectivity index is 1.19. The van der Waals surface area contributed by atoms with Crippen molar-refractivity contribution in [2.24, 2.45) is 0 Å². The molecule has 0 amide bonds. The van der Waals surface area contributed by atoms with Crippen molar-refractivity contribution in [1.82, 2.24) is 0 Å². The fourth-order valence-corrected chi connectivity index (χ4v) is 10.00. The van der Waals surface area contributed by atoms with Gasteiger partial charge in [0.15, 0.2) is 0 Å². The third-order valence-corrected chi connectivity index (χ3v) is 12.5. The summed E-state index contributed by atoms with van der Waals surface area (Å²) in [6, 6.07) is 73.6. The SMILES string of the molecule is c1ccc(N(c2ccc3ccccc3c2)c2cc3ccc4cccc5c6cccc7ccc8cccc(c(c2)c3c45)c8c76)c(-c2cccc3c2oc2ccccc23)c1. The number of benzene rings is 11. The van der Waals surface area contributed by atoms with Crippen LogP contribution < -0.4 is 4.90 Å². The van der Waals surface area contributed by atoms with Gasteiger partial charge < -0.3 is 9.32 Å². The lowest BCUT2D eigenvalue weighted by Gasteiger charge is -2.29. The molecule has 1 heterocycles. The quantitative estimate of drug-likeness (QED) is 0.167. The van der Waals surface area contributed by atoms with Gasteiger partial charge in [-0.2, -0.15) is 0 Å². The summed E-state index contributed by atoms with van der Waals surface area (Å²) in [6.07, 6.45) is 0. The maximum Gasteiger partial charge on any atom is 0.143 e. The molecule has 0 atom stereocenters. The Morgan fingerprint density at radius 1 is 0.293 bits per heavy atom. The van der Waals surface area contributed by atoms with Crippen LogP contribution >= 0.6 is 0 Å². The lowest BCUT2D eigenvalue weighted by Crippen LogP contribution is -2.11. The minimum absolute atomic E-state index is 0.895. The molecule has 58 heavy (non-hydrogen) atoms. The average molecular weight is 736 g/mol. The predicted octanol–water partition coefficient (Wildman–Crippen LogP) is 16.2. The third-order valence-electron chi connectivity index (χ3n) is 12.5. The molecule has 0 N–H and O–H groups in total. The van der Waals surface area contributed by atoms with Crippen LogP contribution in [0.5, 0.6) is 0 Å². The maximum atomic E-state index is 6.68. The van der Waals surface area contributed by atoms with Crippen molar-refractivity contribution in [3.05, 3.63) is 200 Å². The molecule has 1 aromatic heterocycles. The van der Waals surface area contributed by atoms with Crippen molar-refractivity contribution in [1.29, 1.82) is 0 Å². The van der Waals surface area contributed by atoms with Gasteiger partial charge in [0, 0.05) is 33.3 Å². The largest absolute Gasteiger partial charge is 0.455 e. The Labute approximate surface area is 333 Å². The minimum Gasteiger partial charge on any atom is -0.455 e. The van der Waals surface area contributed by atoms with Crippen LogP contribution in [0, 0.1) is 0 Å². The fraction of sp³-hybridized carbons (Fsp3) is 0. The van der Waals surface area contributed by atoms with Crippen LogP contribution in [0.2, 0.25) is 0 Å². The maximum absolute atomic E-state index is 6.68. The molecule has 0 aliphatic rings. The first-order valence-electron chi connectivity index (χ1n) is 20.0. The van der Waals surface area contributed by atoms with Gasteiger partial charge in [0.2, 0.25) is 0 Å². The number of hydrogen-bond donors (Lipinski definition) is 0. The standard InChI is InChI=1S/C56H33NO/c1-2-12-38-31-40(30-29-34(38)11-1)57(50-23-5-3-16-42(50)47-21-10-22-48-43-17-4-6-24-51(43)58-56(47)48)41-32-39-28-27-37-14-8-19-45-44-18-7-13-35-25-26-36-15-9-20-46(54(36)52(35)44)49(33-41)55(39)53(37)45/h1-33H. The van der Waals surface area contributed by atoms with Crippen LogP contribution in [0.1, 0.15) is 0 Å². The Kier molecular flexibility index (Phi) is 6.47. The van der Waals surface area contributed by atoms with Gasteiger partial charge in [-0.25, -0.2) is 0 Å². The van der Waals surface area contributed by atoms with Crippen molar-refractivity contribution in [3.63, 3.8) is 0 Å². The summed E-state index contributed by atoms with van der Waals surface area (Å²) in [6.45, 7) is 0. The summed E-state index contributed by atoms with van der Waals surface area (Å²) < 4.78 is 6.68. The van der Waals surface area contributed by atoms with Gasteiger partial charge in [0.05, 0.1) is 5.69 Å². The highest BCUT2D eigenvalue weighted by atomic mass is 16.3. The molecule has 13 aromatic rings. The van der Waals surface area contributed by atoms with Crippen molar-refractivity contribution in [3.8, 4) is 11.1 Å². The van der Waals surface area contributed by atoms with Gasteiger partial charge >= 0.3 is 0 Å². The van der Waals surface area contributed by atoms with E-state index < -0.39 is 0 Å². The van der Waals surface area contributed by atoms with Crippen molar-refractivity contribution in [2.75, 3.05) is 4.90 Å². The Hall–Kier alpha value is -7.68.